The number of fused-ring (bicyclic) bond motifs is 5. The zero-order chi connectivity index (χ0) is 40.6. The number of allylic oxidation sites excluding steroid dienone is 2. The van der Waals surface area contributed by atoms with E-state index in [9.17, 15) is 46.0 Å². The zero-order valence-corrected chi connectivity index (χ0v) is 34.2. The Morgan fingerprint density at radius 3 is 2.13 bits per heavy atom. The van der Waals surface area contributed by atoms with Gasteiger partial charge in [-0.25, -0.2) is 0 Å². The van der Waals surface area contributed by atoms with E-state index in [1.807, 2.05) is 20.8 Å². The van der Waals surface area contributed by atoms with Gasteiger partial charge in [-0.3, -0.25) is 0 Å². The second kappa shape index (κ2) is 16.0. The van der Waals surface area contributed by atoms with Crippen molar-refractivity contribution in [3.63, 3.8) is 0 Å². The fourth-order valence-corrected chi connectivity index (χ4v) is 12.9. The molecule has 2 aliphatic heterocycles. The second-order valence-corrected chi connectivity index (χ2v) is 19.8. The van der Waals surface area contributed by atoms with E-state index in [-0.39, 0.29) is 35.0 Å². The molecule has 6 unspecified atom stereocenters. The number of hydrogen-bond donors (Lipinski definition) is 9. The quantitative estimate of drug-likeness (QED) is 0.115. The van der Waals surface area contributed by atoms with Gasteiger partial charge in [-0.1, -0.05) is 46.3 Å². The van der Waals surface area contributed by atoms with Crippen molar-refractivity contribution < 1.29 is 64.9 Å². The number of rotatable bonds is 10. The van der Waals surface area contributed by atoms with Crippen LogP contribution in [0.3, 0.4) is 0 Å². The van der Waals surface area contributed by atoms with Gasteiger partial charge in [0.05, 0.1) is 36.6 Å². The molecule has 0 bridgehead atoms. The molecule has 0 aromatic carbocycles. The lowest BCUT2D eigenvalue weighted by Gasteiger charge is -2.68. The molecule has 0 radical (unpaired) electrons. The first-order valence-electron chi connectivity index (χ1n) is 21.0. The molecule has 21 atom stereocenters. The van der Waals surface area contributed by atoms with E-state index in [4.69, 9.17) is 18.9 Å². The SMILES string of the molecule is CCC(C)=CCC[C@](C)(O)C1CC[C@]2(C)C3C[C@@H](O[C@@H]4O[C@H](CO)[C@@H](O)[C@H](O)[C@H]4O[C@@H]4O[C@@H](C)[C@H](O)[C@@H](O)[C@H]4O)C4C(C)(C)C(O)CC[C@]4(C)C3C[C@H](O)C12. The molecule has 13 heteroatoms. The maximum atomic E-state index is 12.2. The van der Waals surface area contributed by atoms with E-state index < -0.39 is 103 Å². The third-order valence-electron chi connectivity index (χ3n) is 16.2. The van der Waals surface area contributed by atoms with Crippen LogP contribution < -0.4 is 0 Å². The highest BCUT2D eigenvalue weighted by Gasteiger charge is 2.69. The highest BCUT2D eigenvalue weighted by Crippen LogP contribution is 2.71. The molecule has 0 amide bonds. The topological polar surface area (TPSA) is 219 Å². The van der Waals surface area contributed by atoms with Crippen molar-refractivity contribution in [2.75, 3.05) is 6.61 Å². The van der Waals surface area contributed by atoms with Crippen LogP contribution >= 0.6 is 0 Å². The molecule has 4 aliphatic carbocycles. The van der Waals surface area contributed by atoms with Crippen LogP contribution in [0.1, 0.15) is 113 Å². The Hall–Kier alpha value is -0.780. The van der Waals surface area contributed by atoms with Crippen molar-refractivity contribution in [3.8, 4) is 0 Å². The third-order valence-corrected chi connectivity index (χ3v) is 16.2. The maximum absolute atomic E-state index is 12.2. The van der Waals surface area contributed by atoms with Crippen LogP contribution in [0.5, 0.6) is 0 Å². The van der Waals surface area contributed by atoms with Crippen molar-refractivity contribution in [3.05, 3.63) is 11.6 Å². The summed E-state index contributed by atoms with van der Waals surface area (Å²) in [6.07, 6.45) is -7.68. The largest absolute Gasteiger partial charge is 0.394 e. The van der Waals surface area contributed by atoms with Crippen LogP contribution in [0.4, 0.5) is 0 Å². The molecule has 13 nitrogen and oxygen atoms in total. The molecule has 318 valence electrons. The van der Waals surface area contributed by atoms with Crippen molar-refractivity contribution in [2.24, 2.45) is 45.8 Å². The molecule has 6 aliphatic rings. The Morgan fingerprint density at radius 1 is 0.818 bits per heavy atom. The van der Waals surface area contributed by atoms with Gasteiger partial charge in [0.25, 0.3) is 0 Å². The lowest BCUT2D eigenvalue weighted by Crippen LogP contribution is -2.68. The summed E-state index contributed by atoms with van der Waals surface area (Å²) in [6, 6.07) is 0. The van der Waals surface area contributed by atoms with Gasteiger partial charge in [0.15, 0.2) is 12.6 Å². The van der Waals surface area contributed by atoms with E-state index in [1.54, 1.807) is 0 Å². The second-order valence-electron chi connectivity index (χ2n) is 19.8. The first-order chi connectivity index (χ1) is 25.6. The maximum Gasteiger partial charge on any atom is 0.187 e. The van der Waals surface area contributed by atoms with Crippen LogP contribution in [0, 0.1) is 45.8 Å². The number of aliphatic hydroxyl groups excluding tert-OH is 8. The Bertz CT molecular complexity index is 1360. The highest BCUT2D eigenvalue weighted by atomic mass is 16.8. The molecule has 2 heterocycles. The molecule has 4 saturated carbocycles. The molecule has 55 heavy (non-hydrogen) atoms. The highest BCUT2D eigenvalue weighted by molar-refractivity contribution is 5.18. The van der Waals surface area contributed by atoms with Crippen LogP contribution in [0.2, 0.25) is 0 Å². The van der Waals surface area contributed by atoms with E-state index in [1.165, 1.54) is 12.5 Å². The average Bonchev–Trinajstić information content (AvgIpc) is 3.51. The fraction of sp³-hybridized carbons (Fsp3) is 0.952. The Labute approximate surface area is 327 Å². The molecule has 6 fully saturated rings. The van der Waals surface area contributed by atoms with Gasteiger partial charge >= 0.3 is 0 Å². The van der Waals surface area contributed by atoms with E-state index in [0.717, 1.165) is 25.7 Å². The summed E-state index contributed by atoms with van der Waals surface area (Å²) in [5.74, 6) is -0.335. The summed E-state index contributed by atoms with van der Waals surface area (Å²) in [7, 11) is 0. The van der Waals surface area contributed by atoms with Gasteiger partial charge in [-0.2, -0.15) is 0 Å². The zero-order valence-electron chi connectivity index (χ0n) is 34.2. The van der Waals surface area contributed by atoms with Crippen molar-refractivity contribution in [2.45, 2.75) is 199 Å². The van der Waals surface area contributed by atoms with Crippen molar-refractivity contribution in [1.29, 1.82) is 0 Å². The minimum Gasteiger partial charge on any atom is -0.394 e. The normalized spacial score (nSPS) is 52.5. The van der Waals surface area contributed by atoms with E-state index in [2.05, 4.69) is 33.8 Å². The predicted octanol–water partition coefficient (Wildman–Crippen LogP) is 2.15. The summed E-state index contributed by atoms with van der Waals surface area (Å²) in [5, 5.41) is 100. The lowest BCUT2D eigenvalue weighted by molar-refractivity contribution is -0.379. The predicted molar refractivity (Wildman–Crippen MR) is 201 cm³/mol. The summed E-state index contributed by atoms with van der Waals surface area (Å²) in [5.41, 5.74) is -1.07. The van der Waals surface area contributed by atoms with Gasteiger partial charge in [0.2, 0.25) is 0 Å². The van der Waals surface area contributed by atoms with E-state index in [0.29, 0.717) is 32.1 Å². The molecule has 9 N–H and O–H groups in total. The van der Waals surface area contributed by atoms with Crippen molar-refractivity contribution >= 4 is 0 Å². The van der Waals surface area contributed by atoms with Crippen molar-refractivity contribution in [1.82, 2.24) is 0 Å². The summed E-state index contributed by atoms with van der Waals surface area (Å²) >= 11 is 0. The minimum absolute atomic E-state index is 0.0642. The van der Waals surface area contributed by atoms with Gasteiger partial charge in [0, 0.05) is 0 Å². The Kier molecular flexibility index (Phi) is 12.7. The molecule has 6 rings (SSSR count). The Balaban J connectivity index is 1.34. The van der Waals surface area contributed by atoms with Crippen LogP contribution in [-0.4, -0.2) is 138 Å². The first kappa shape index (κ1) is 43.8. The molecular weight excluding hydrogens is 712 g/mol. The molecule has 0 spiro atoms. The van der Waals surface area contributed by atoms with Gasteiger partial charge in [-0.05, 0) is 124 Å². The van der Waals surface area contributed by atoms with Crippen LogP contribution in [-0.2, 0) is 18.9 Å². The average molecular weight is 785 g/mol. The van der Waals surface area contributed by atoms with Crippen LogP contribution in [0.15, 0.2) is 11.6 Å². The standard InChI is InChI=1S/C42H72O13/c1-9-20(2)11-10-14-42(8,51)22-12-15-40(6)24-18-26(36-39(4,5)28(45)13-16-41(36,7)23(24)17-25(44)29(22)40)53-38-35(33(49)31(47)27(19-43)54-38)55-37-34(50)32(48)30(46)21(3)52-37/h11,21-38,43-51H,9-10,12-19H2,1-8H3/t21-,22?,23?,24?,25-,26+,27+,28?,29?,30-,31+,32+,33-,34+,35+,36?,37-,38+,40+,41+,42-/m0/s1. The minimum atomic E-state index is -1.69. The number of aliphatic hydroxyl groups is 9. The lowest BCUT2D eigenvalue weighted by atomic mass is 9.39. The molecular formula is C42H72O13. The Morgan fingerprint density at radius 2 is 1.47 bits per heavy atom. The van der Waals surface area contributed by atoms with E-state index >= 15 is 0 Å². The van der Waals surface area contributed by atoms with Gasteiger partial charge in [-0.15, -0.1) is 0 Å². The monoisotopic (exact) mass is 784 g/mol. The fourth-order valence-electron chi connectivity index (χ4n) is 12.9. The number of hydrogen-bond acceptors (Lipinski definition) is 13. The van der Waals surface area contributed by atoms with Crippen LogP contribution in [0.25, 0.3) is 0 Å². The summed E-state index contributed by atoms with van der Waals surface area (Å²) in [4.78, 5) is 0. The molecule has 2 saturated heterocycles. The van der Waals surface area contributed by atoms with Gasteiger partial charge < -0.3 is 64.9 Å². The number of ether oxygens (including phenoxy) is 4. The molecule has 0 aromatic heterocycles. The van der Waals surface area contributed by atoms with Gasteiger partial charge in [0.1, 0.15) is 42.7 Å². The summed E-state index contributed by atoms with van der Waals surface area (Å²) in [6.45, 7) is 15.7. The molecule has 0 aromatic rings. The summed E-state index contributed by atoms with van der Waals surface area (Å²) < 4.78 is 25.0. The smallest absolute Gasteiger partial charge is 0.187 e. The third kappa shape index (κ3) is 7.52. The first-order valence-corrected chi connectivity index (χ1v) is 21.0.